The second kappa shape index (κ2) is 6.83. The van der Waals surface area contributed by atoms with Crippen molar-refractivity contribution in [2.75, 3.05) is 12.3 Å². The van der Waals surface area contributed by atoms with Crippen LogP contribution in [0.2, 0.25) is 5.02 Å². The van der Waals surface area contributed by atoms with Gasteiger partial charge in [-0.2, -0.15) is 11.8 Å². The SMILES string of the molecule is CCCNC(c1ccc(C)c(Cl)c1)C1CCCS1. The summed E-state index contributed by atoms with van der Waals surface area (Å²) in [5.41, 5.74) is 2.51. The van der Waals surface area contributed by atoms with Gasteiger partial charge in [-0.1, -0.05) is 30.7 Å². The van der Waals surface area contributed by atoms with E-state index in [0.717, 1.165) is 17.1 Å². The van der Waals surface area contributed by atoms with Crippen LogP contribution in [0, 0.1) is 6.92 Å². The van der Waals surface area contributed by atoms with Crippen LogP contribution >= 0.6 is 23.4 Å². The molecular weight excluding hydrogens is 262 g/mol. The van der Waals surface area contributed by atoms with Gasteiger partial charge in [0.2, 0.25) is 0 Å². The molecule has 0 aliphatic carbocycles. The van der Waals surface area contributed by atoms with Gasteiger partial charge in [-0.05, 0) is 55.7 Å². The van der Waals surface area contributed by atoms with Gasteiger partial charge in [0.15, 0.2) is 0 Å². The Morgan fingerprint density at radius 1 is 1.50 bits per heavy atom. The van der Waals surface area contributed by atoms with Crippen molar-refractivity contribution in [2.45, 2.75) is 44.4 Å². The molecule has 100 valence electrons. The topological polar surface area (TPSA) is 12.0 Å². The zero-order valence-electron chi connectivity index (χ0n) is 11.2. The molecule has 1 aliphatic rings. The van der Waals surface area contributed by atoms with Gasteiger partial charge in [0, 0.05) is 16.3 Å². The first-order chi connectivity index (χ1) is 8.72. The number of hydrogen-bond donors (Lipinski definition) is 1. The highest BCUT2D eigenvalue weighted by Gasteiger charge is 2.26. The lowest BCUT2D eigenvalue weighted by Crippen LogP contribution is -2.29. The third kappa shape index (κ3) is 3.43. The average Bonchev–Trinajstić information content (AvgIpc) is 2.88. The molecule has 1 saturated heterocycles. The van der Waals surface area contributed by atoms with E-state index in [4.69, 9.17) is 11.6 Å². The zero-order chi connectivity index (χ0) is 13.0. The maximum atomic E-state index is 6.26. The van der Waals surface area contributed by atoms with Crippen molar-refractivity contribution in [2.24, 2.45) is 0 Å². The monoisotopic (exact) mass is 283 g/mol. The summed E-state index contributed by atoms with van der Waals surface area (Å²) in [6.45, 7) is 5.35. The minimum atomic E-state index is 0.454. The second-order valence-corrected chi connectivity index (χ2v) is 6.75. The van der Waals surface area contributed by atoms with Crippen LogP contribution in [-0.2, 0) is 0 Å². The first-order valence-corrected chi connectivity index (χ1v) is 8.26. The van der Waals surface area contributed by atoms with E-state index in [9.17, 15) is 0 Å². The standard InChI is InChI=1S/C15H22ClNS/c1-3-8-17-15(14-5-4-9-18-14)12-7-6-11(2)13(16)10-12/h6-7,10,14-15,17H,3-5,8-9H2,1-2H3. The highest BCUT2D eigenvalue weighted by atomic mass is 35.5. The van der Waals surface area contributed by atoms with E-state index in [1.165, 1.54) is 30.6 Å². The molecule has 2 unspecified atom stereocenters. The van der Waals surface area contributed by atoms with Gasteiger partial charge < -0.3 is 5.32 Å². The second-order valence-electron chi connectivity index (χ2n) is 4.99. The van der Waals surface area contributed by atoms with Gasteiger partial charge in [0.25, 0.3) is 0 Å². The molecule has 3 heteroatoms. The fraction of sp³-hybridized carbons (Fsp3) is 0.600. The third-order valence-electron chi connectivity index (χ3n) is 3.51. The van der Waals surface area contributed by atoms with E-state index in [0.29, 0.717) is 11.3 Å². The van der Waals surface area contributed by atoms with Gasteiger partial charge >= 0.3 is 0 Å². The van der Waals surface area contributed by atoms with Gasteiger partial charge in [-0.3, -0.25) is 0 Å². The molecule has 1 nitrogen and oxygen atoms in total. The number of hydrogen-bond acceptors (Lipinski definition) is 2. The molecule has 0 spiro atoms. The van der Waals surface area contributed by atoms with E-state index in [-0.39, 0.29) is 0 Å². The number of rotatable bonds is 5. The molecule has 1 heterocycles. The third-order valence-corrected chi connectivity index (χ3v) is 5.37. The molecule has 0 radical (unpaired) electrons. The summed E-state index contributed by atoms with van der Waals surface area (Å²) in [7, 11) is 0. The summed E-state index contributed by atoms with van der Waals surface area (Å²) in [6.07, 6.45) is 3.84. The molecular formula is C15H22ClNS. The summed E-state index contributed by atoms with van der Waals surface area (Å²) < 4.78 is 0. The molecule has 2 atom stereocenters. The van der Waals surface area contributed by atoms with Gasteiger partial charge in [-0.15, -0.1) is 0 Å². The van der Waals surface area contributed by atoms with Crippen molar-refractivity contribution in [1.29, 1.82) is 0 Å². The van der Waals surface area contributed by atoms with Crippen molar-refractivity contribution < 1.29 is 0 Å². The van der Waals surface area contributed by atoms with Crippen LogP contribution in [0.1, 0.15) is 43.4 Å². The van der Waals surface area contributed by atoms with Gasteiger partial charge in [0.1, 0.15) is 0 Å². The summed E-state index contributed by atoms with van der Waals surface area (Å²) in [5, 5.41) is 5.29. The van der Waals surface area contributed by atoms with Crippen LogP contribution in [0.4, 0.5) is 0 Å². The van der Waals surface area contributed by atoms with Crippen LogP contribution in [0.25, 0.3) is 0 Å². The Labute approximate surface area is 120 Å². The molecule has 0 amide bonds. The summed E-state index contributed by atoms with van der Waals surface area (Å²) in [4.78, 5) is 0. The molecule has 1 aromatic rings. The lowest BCUT2D eigenvalue weighted by molar-refractivity contribution is 0.503. The Balaban J connectivity index is 2.17. The Morgan fingerprint density at radius 2 is 2.33 bits per heavy atom. The number of thioether (sulfide) groups is 1. The van der Waals surface area contributed by atoms with Crippen molar-refractivity contribution in [3.8, 4) is 0 Å². The van der Waals surface area contributed by atoms with Crippen LogP contribution in [0.3, 0.4) is 0 Å². The molecule has 1 aliphatic heterocycles. The summed E-state index contributed by atoms with van der Waals surface area (Å²) >= 11 is 8.36. The maximum Gasteiger partial charge on any atom is 0.0441 e. The predicted molar refractivity (Wildman–Crippen MR) is 82.7 cm³/mol. The van der Waals surface area contributed by atoms with Crippen molar-refractivity contribution >= 4 is 23.4 Å². The van der Waals surface area contributed by atoms with E-state index >= 15 is 0 Å². The van der Waals surface area contributed by atoms with E-state index < -0.39 is 0 Å². The molecule has 0 aromatic heterocycles. The minimum absolute atomic E-state index is 0.454. The fourth-order valence-corrected chi connectivity index (χ4v) is 4.04. The van der Waals surface area contributed by atoms with Crippen molar-refractivity contribution in [3.05, 3.63) is 34.3 Å². The van der Waals surface area contributed by atoms with Crippen LogP contribution in [0.5, 0.6) is 0 Å². The predicted octanol–water partition coefficient (Wildman–Crippen LogP) is 4.58. The largest absolute Gasteiger partial charge is 0.309 e. The van der Waals surface area contributed by atoms with Crippen molar-refractivity contribution in [1.82, 2.24) is 5.32 Å². The zero-order valence-corrected chi connectivity index (χ0v) is 12.8. The Kier molecular flexibility index (Phi) is 5.40. The Bertz CT molecular complexity index is 388. The maximum absolute atomic E-state index is 6.26. The number of nitrogens with one attached hydrogen (secondary N) is 1. The molecule has 18 heavy (non-hydrogen) atoms. The minimum Gasteiger partial charge on any atom is -0.309 e. The Hall–Kier alpha value is -0.180. The van der Waals surface area contributed by atoms with Crippen LogP contribution in [-0.4, -0.2) is 17.5 Å². The van der Waals surface area contributed by atoms with Crippen molar-refractivity contribution in [3.63, 3.8) is 0 Å². The smallest absolute Gasteiger partial charge is 0.0441 e. The molecule has 0 bridgehead atoms. The molecule has 1 fully saturated rings. The molecule has 2 rings (SSSR count). The normalized spacial score (nSPS) is 21.2. The molecule has 1 N–H and O–H groups in total. The first kappa shape index (κ1) is 14.2. The highest BCUT2D eigenvalue weighted by Crippen LogP contribution is 2.36. The van der Waals surface area contributed by atoms with Crippen LogP contribution in [0.15, 0.2) is 18.2 Å². The highest BCUT2D eigenvalue weighted by molar-refractivity contribution is 8.00. The lowest BCUT2D eigenvalue weighted by atomic mass is 9.99. The Morgan fingerprint density at radius 3 is 2.94 bits per heavy atom. The quantitative estimate of drug-likeness (QED) is 0.848. The number of halogens is 1. The number of aryl methyl sites for hydroxylation is 1. The van der Waals surface area contributed by atoms with E-state index in [1.807, 2.05) is 0 Å². The number of benzene rings is 1. The summed E-state index contributed by atoms with van der Waals surface area (Å²) in [5.74, 6) is 1.30. The van der Waals surface area contributed by atoms with Gasteiger partial charge in [0.05, 0.1) is 0 Å². The summed E-state index contributed by atoms with van der Waals surface area (Å²) in [6, 6.07) is 6.96. The van der Waals surface area contributed by atoms with E-state index in [1.54, 1.807) is 0 Å². The first-order valence-electron chi connectivity index (χ1n) is 6.83. The lowest BCUT2D eigenvalue weighted by Gasteiger charge is -2.25. The average molecular weight is 284 g/mol. The van der Waals surface area contributed by atoms with Gasteiger partial charge in [-0.25, -0.2) is 0 Å². The van der Waals surface area contributed by atoms with E-state index in [2.05, 4.69) is 49.1 Å². The molecule has 0 saturated carbocycles. The molecule has 1 aromatic carbocycles. The fourth-order valence-electron chi connectivity index (χ4n) is 2.43. The van der Waals surface area contributed by atoms with Crippen LogP contribution < -0.4 is 5.32 Å².